The van der Waals surface area contributed by atoms with Gasteiger partial charge >= 0.3 is 0 Å². The minimum Gasteiger partial charge on any atom is -0.326 e. The number of aromatic nitrogens is 3. The molecule has 1 unspecified atom stereocenters. The summed E-state index contributed by atoms with van der Waals surface area (Å²) in [6.45, 7) is 6.40. The molecule has 1 atom stereocenters. The molecule has 148 valence electrons. The molecule has 0 radical (unpaired) electrons. The molecule has 7 heteroatoms. The molecule has 1 aliphatic carbocycles. The van der Waals surface area contributed by atoms with Crippen LogP contribution in [0.2, 0.25) is 0 Å². The highest BCUT2D eigenvalue weighted by Crippen LogP contribution is 2.37. The number of aryl methyl sites for hydroxylation is 1. The van der Waals surface area contributed by atoms with Crippen molar-refractivity contribution in [3.8, 4) is 0 Å². The first-order valence-corrected chi connectivity index (χ1v) is 10.0. The number of hydrogen-bond donors (Lipinski definition) is 1. The van der Waals surface area contributed by atoms with Crippen LogP contribution in [0.25, 0.3) is 0 Å². The molecule has 28 heavy (non-hydrogen) atoms. The number of nitrogens with zero attached hydrogens (tertiary/aromatic N) is 4. The van der Waals surface area contributed by atoms with Crippen LogP contribution in [0, 0.1) is 12.8 Å². The first-order chi connectivity index (χ1) is 13.4. The molecule has 2 aliphatic rings. The third-order valence-electron chi connectivity index (χ3n) is 5.47. The van der Waals surface area contributed by atoms with E-state index in [1.807, 2.05) is 49.6 Å². The number of nitrogens with one attached hydrogen (secondary N) is 1. The molecule has 2 heterocycles. The highest BCUT2D eigenvalue weighted by atomic mass is 16.2. The lowest BCUT2D eigenvalue weighted by atomic mass is 9.92. The molecular formula is C21H27N5O2. The average Bonchev–Trinajstić information content (AvgIpc) is 3.43. The highest BCUT2D eigenvalue weighted by molar-refractivity contribution is 5.96. The molecule has 1 aromatic heterocycles. The SMILES string of the molecule is Cc1nnc(NC(=O)C2Cc3ccccc3CN2C(=O)CC(C)C)n1C1CC1. The maximum Gasteiger partial charge on any atom is 0.249 e. The Labute approximate surface area is 165 Å². The largest absolute Gasteiger partial charge is 0.326 e. The van der Waals surface area contributed by atoms with Gasteiger partial charge in [-0.2, -0.15) is 0 Å². The lowest BCUT2D eigenvalue weighted by Crippen LogP contribution is -2.51. The molecular weight excluding hydrogens is 354 g/mol. The molecule has 0 bridgehead atoms. The van der Waals surface area contributed by atoms with Gasteiger partial charge in [0, 0.05) is 25.4 Å². The van der Waals surface area contributed by atoms with E-state index in [2.05, 4.69) is 15.5 Å². The van der Waals surface area contributed by atoms with Crippen LogP contribution < -0.4 is 5.32 Å². The van der Waals surface area contributed by atoms with Crippen molar-refractivity contribution in [3.63, 3.8) is 0 Å². The van der Waals surface area contributed by atoms with Crippen molar-refractivity contribution in [2.75, 3.05) is 5.32 Å². The fourth-order valence-electron chi connectivity index (χ4n) is 3.90. The van der Waals surface area contributed by atoms with Gasteiger partial charge in [-0.05, 0) is 36.8 Å². The van der Waals surface area contributed by atoms with Crippen molar-refractivity contribution in [2.24, 2.45) is 5.92 Å². The van der Waals surface area contributed by atoms with Gasteiger partial charge in [0.15, 0.2) is 0 Å². The van der Waals surface area contributed by atoms with Crippen LogP contribution in [0.3, 0.4) is 0 Å². The topological polar surface area (TPSA) is 80.1 Å². The standard InChI is InChI=1S/C21H27N5O2/c1-13(2)10-19(27)25-12-16-7-5-4-6-15(16)11-18(25)20(28)22-21-24-23-14(3)26(21)17-8-9-17/h4-7,13,17-18H,8-12H2,1-3H3,(H,22,24,28). The molecule has 7 nitrogen and oxygen atoms in total. The van der Waals surface area contributed by atoms with Crippen LogP contribution in [0.1, 0.15) is 56.1 Å². The number of carbonyl (C=O) groups excluding carboxylic acids is 2. The van der Waals surface area contributed by atoms with Gasteiger partial charge in [0.2, 0.25) is 17.8 Å². The molecule has 4 rings (SSSR count). The highest BCUT2D eigenvalue weighted by Gasteiger charge is 2.36. The second kappa shape index (κ2) is 7.37. The van der Waals surface area contributed by atoms with Gasteiger partial charge in [-0.15, -0.1) is 10.2 Å². The summed E-state index contributed by atoms with van der Waals surface area (Å²) in [5, 5.41) is 11.2. The summed E-state index contributed by atoms with van der Waals surface area (Å²) in [7, 11) is 0. The van der Waals surface area contributed by atoms with Crippen LogP contribution in [0.15, 0.2) is 24.3 Å². The Bertz CT molecular complexity index is 900. The Hall–Kier alpha value is -2.70. The van der Waals surface area contributed by atoms with Crippen LogP contribution in [0.4, 0.5) is 5.95 Å². The average molecular weight is 381 g/mol. The fraction of sp³-hybridized carbons (Fsp3) is 0.524. The Morgan fingerprint density at radius 3 is 2.57 bits per heavy atom. The molecule has 1 N–H and O–H groups in total. The summed E-state index contributed by atoms with van der Waals surface area (Å²) < 4.78 is 1.99. The van der Waals surface area contributed by atoms with Crippen molar-refractivity contribution < 1.29 is 9.59 Å². The maximum absolute atomic E-state index is 13.2. The Kier molecular flexibility index (Phi) is 4.91. The monoisotopic (exact) mass is 381 g/mol. The molecule has 1 aliphatic heterocycles. The molecule has 2 amide bonds. The van der Waals surface area contributed by atoms with Gasteiger partial charge in [-0.1, -0.05) is 38.1 Å². The number of amides is 2. The summed E-state index contributed by atoms with van der Waals surface area (Å²) >= 11 is 0. The van der Waals surface area contributed by atoms with Gasteiger partial charge in [0.05, 0.1) is 0 Å². The quantitative estimate of drug-likeness (QED) is 0.864. The number of anilines is 1. The van der Waals surface area contributed by atoms with Crippen LogP contribution in [-0.2, 0) is 22.6 Å². The van der Waals surface area contributed by atoms with Gasteiger partial charge in [0.25, 0.3) is 0 Å². The van der Waals surface area contributed by atoms with Gasteiger partial charge in [0.1, 0.15) is 11.9 Å². The van der Waals surface area contributed by atoms with E-state index in [1.165, 1.54) is 0 Å². The zero-order valence-corrected chi connectivity index (χ0v) is 16.7. The van der Waals surface area contributed by atoms with E-state index in [-0.39, 0.29) is 17.7 Å². The Morgan fingerprint density at radius 1 is 1.18 bits per heavy atom. The van der Waals surface area contributed by atoms with Crippen molar-refractivity contribution in [2.45, 2.75) is 65.1 Å². The lowest BCUT2D eigenvalue weighted by Gasteiger charge is -2.36. The zero-order chi connectivity index (χ0) is 19.8. The second-order valence-electron chi connectivity index (χ2n) is 8.27. The van der Waals surface area contributed by atoms with Crippen molar-refractivity contribution >= 4 is 17.8 Å². The zero-order valence-electron chi connectivity index (χ0n) is 16.7. The number of fused-ring (bicyclic) bond motifs is 1. The fourth-order valence-corrected chi connectivity index (χ4v) is 3.90. The number of carbonyl (C=O) groups is 2. The first-order valence-electron chi connectivity index (χ1n) is 10.0. The molecule has 1 saturated carbocycles. The van der Waals surface area contributed by atoms with E-state index in [0.29, 0.717) is 31.4 Å². The predicted molar refractivity (Wildman–Crippen MR) is 106 cm³/mol. The molecule has 0 saturated heterocycles. The second-order valence-corrected chi connectivity index (χ2v) is 8.27. The summed E-state index contributed by atoms with van der Waals surface area (Å²) in [5.74, 6) is 1.36. The van der Waals surface area contributed by atoms with Gasteiger partial charge < -0.3 is 4.90 Å². The number of hydrogen-bond acceptors (Lipinski definition) is 4. The van der Waals surface area contributed by atoms with E-state index >= 15 is 0 Å². The molecule has 0 spiro atoms. The smallest absolute Gasteiger partial charge is 0.249 e. The van der Waals surface area contributed by atoms with E-state index in [4.69, 9.17) is 0 Å². The summed E-state index contributed by atoms with van der Waals surface area (Å²) in [6.07, 6.45) is 3.11. The van der Waals surface area contributed by atoms with E-state index in [0.717, 1.165) is 29.8 Å². The summed E-state index contributed by atoms with van der Waals surface area (Å²) in [4.78, 5) is 27.8. The molecule has 1 aromatic carbocycles. The van der Waals surface area contributed by atoms with Crippen molar-refractivity contribution in [1.82, 2.24) is 19.7 Å². The minimum absolute atomic E-state index is 0.0180. The number of benzene rings is 1. The number of rotatable bonds is 5. The van der Waals surface area contributed by atoms with Crippen molar-refractivity contribution in [1.29, 1.82) is 0 Å². The Morgan fingerprint density at radius 2 is 1.89 bits per heavy atom. The maximum atomic E-state index is 13.2. The van der Waals surface area contributed by atoms with Gasteiger partial charge in [-0.25, -0.2) is 0 Å². The Balaban J connectivity index is 1.59. The van der Waals surface area contributed by atoms with Crippen LogP contribution in [0.5, 0.6) is 0 Å². The summed E-state index contributed by atoms with van der Waals surface area (Å²) in [5.41, 5.74) is 2.23. The molecule has 2 aromatic rings. The van der Waals surface area contributed by atoms with Crippen molar-refractivity contribution in [3.05, 3.63) is 41.2 Å². The van der Waals surface area contributed by atoms with Crippen LogP contribution in [-0.4, -0.2) is 37.5 Å². The van der Waals surface area contributed by atoms with E-state index in [9.17, 15) is 9.59 Å². The van der Waals surface area contributed by atoms with E-state index < -0.39 is 6.04 Å². The van der Waals surface area contributed by atoms with E-state index in [1.54, 1.807) is 4.90 Å². The predicted octanol–water partition coefficient (Wildman–Crippen LogP) is 2.86. The first kappa shape index (κ1) is 18.7. The third-order valence-corrected chi connectivity index (χ3v) is 5.47. The molecule has 1 fully saturated rings. The third kappa shape index (κ3) is 3.66. The summed E-state index contributed by atoms with van der Waals surface area (Å²) in [6, 6.07) is 7.86. The van der Waals surface area contributed by atoms with Crippen LogP contribution >= 0.6 is 0 Å². The lowest BCUT2D eigenvalue weighted by molar-refractivity contribution is -0.140. The minimum atomic E-state index is -0.536. The van der Waals surface area contributed by atoms with Gasteiger partial charge in [-0.3, -0.25) is 19.5 Å². The normalized spacial score (nSPS) is 18.9.